The Kier molecular flexibility index (Phi) is 5.28. The number of hydrogen-bond donors (Lipinski definition) is 2. The number of nitrogens with zero attached hydrogens (tertiary/aromatic N) is 3. The minimum absolute atomic E-state index is 0.107. The van der Waals surface area contributed by atoms with Crippen molar-refractivity contribution in [3.05, 3.63) is 70.3 Å². The molecule has 2 unspecified atom stereocenters. The van der Waals surface area contributed by atoms with Crippen LogP contribution >= 0.6 is 0 Å². The maximum absolute atomic E-state index is 13.6. The molecule has 1 fully saturated rings. The first kappa shape index (κ1) is 24.0. The molecule has 1 saturated heterocycles. The lowest BCUT2D eigenvalue weighted by molar-refractivity contribution is -0.188. The number of aromatic hydroxyl groups is 2. The van der Waals surface area contributed by atoms with Crippen molar-refractivity contribution in [2.24, 2.45) is 0 Å². The van der Waals surface area contributed by atoms with Crippen molar-refractivity contribution in [2.45, 2.75) is 37.8 Å². The number of rotatable bonds is 4. The normalized spacial score (nSPS) is 23.4. The van der Waals surface area contributed by atoms with E-state index in [4.69, 9.17) is 14.7 Å². The fraction of sp³-hybridized carbons (Fsp3) is 0.346. The number of methoxy groups -OCH3 is 1. The summed E-state index contributed by atoms with van der Waals surface area (Å²) in [6.45, 7) is 4.91. The van der Waals surface area contributed by atoms with Gasteiger partial charge < -0.3 is 19.7 Å². The summed E-state index contributed by atoms with van der Waals surface area (Å²) in [6, 6.07) is 12.2. The van der Waals surface area contributed by atoms with Crippen molar-refractivity contribution in [1.29, 1.82) is 5.26 Å². The Hall–Kier alpha value is -3.68. The van der Waals surface area contributed by atoms with E-state index in [9.17, 15) is 23.4 Å². The Bertz CT molecular complexity index is 1370. The Morgan fingerprint density at radius 3 is 2.25 bits per heavy atom. The molecule has 3 aromatic rings. The van der Waals surface area contributed by atoms with E-state index >= 15 is 0 Å². The maximum Gasteiger partial charge on any atom is 0.417 e. The van der Waals surface area contributed by atoms with Crippen molar-refractivity contribution in [3.8, 4) is 29.3 Å². The number of nitriles is 1. The Morgan fingerprint density at radius 2 is 1.69 bits per heavy atom. The molecule has 0 radical (unpaired) electrons. The van der Waals surface area contributed by atoms with E-state index in [1.807, 2.05) is 24.3 Å². The average molecular weight is 499 g/mol. The van der Waals surface area contributed by atoms with Crippen LogP contribution in [0.25, 0.3) is 5.69 Å². The van der Waals surface area contributed by atoms with Crippen molar-refractivity contribution in [2.75, 3.05) is 20.2 Å². The number of hydrogen-bond acceptors (Lipinski definition) is 6. The number of ether oxygens (including phenoxy) is 2. The van der Waals surface area contributed by atoms with Crippen LogP contribution in [0.1, 0.15) is 41.7 Å². The summed E-state index contributed by atoms with van der Waals surface area (Å²) in [5.41, 5.74) is -2.14. The topological polar surface area (TPSA) is 90.9 Å². The Labute approximate surface area is 205 Å². The predicted octanol–water partition coefficient (Wildman–Crippen LogP) is 4.76. The first-order valence-corrected chi connectivity index (χ1v) is 11.2. The van der Waals surface area contributed by atoms with Crippen LogP contribution in [0, 0.1) is 11.3 Å². The summed E-state index contributed by atoms with van der Waals surface area (Å²) in [4.78, 5) is 2.14. The molecule has 2 aliphatic rings. The van der Waals surface area contributed by atoms with E-state index < -0.39 is 40.3 Å². The molecular formula is C26H24F3N3O4. The van der Waals surface area contributed by atoms with Crippen LogP contribution in [0.15, 0.2) is 42.5 Å². The molecule has 0 spiro atoms. The highest BCUT2D eigenvalue weighted by Gasteiger charge is 2.58. The molecule has 2 bridgehead atoms. The summed E-state index contributed by atoms with van der Waals surface area (Å²) in [6.07, 6.45) is -4.78. The average Bonchev–Trinajstić information content (AvgIpc) is 3.18. The molecule has 10 heteroatoms. The van der Waals surface area contributed by atoms with E-state index in [2.05, 4.69) is 4.90 Å². The van der Waals surface area contributed by atoms with Gasteiger partial charge in [0.2, 0.25) is 11.8 Å². The molecule has 0 aliphatic carbocycles. The molecular weight excluding hydrogens is 475 g/mol. The Morgan fingerprint density at radius 1 is 1.06 bits per heavy atom. The van der Waals surface area contributed by atoms with Gasteiger partial charge in [-0.2, -0.15) is 18.4 Å². The van der Waals surface area contributed by atoms with E-state index in [1.54, 1.807) is 21.0 Å². The van der Waals surface area contributed by atoms with Gasteiger partial charge in [-0.3, -0.25) is 9.47 Å². The summed E-state index contributed by atoms with van der Waals surface area (Å²) in [5.74, 6) is -0.0559. The molecule has 5 rings (SSSR count). The zero-order valence-corrected chi connectivity index (χ0v) is 19.8. The van der Waals surface area contributed by atoms with Gasteiger partial charge in [-0.25, -0.2) is 0 Å². The molecule has 0 saturated carbocycles. The molecule has 7 nitrogen and oxygen atoms in total. The fourth-order valence-electron chi connectivity index (χ4n) is 5.67. The number of alkyl halides is 3. The highest BCUT2D eigenvalue weighted by atomic mass is 19.4. The number of benzene rings is 2. The van der Waals surface area contributed by atoms with Crippen LogP contribution in [-0.4, -0.2) is 39.9 Å². The van der Waals surface area contributed by atoms with Gasteiger partial charge in [-0.15, -0.1) is 0 Å². The maximum atomic E-state index is 13.6. The van der Waals surface area contributed by atoms with Crippen LogP contribution < -0.4 is 4.74 Å². The lowest BCUT2D eigenvalue weighted by atomic mass is 9.94. The van der Waals surface area contributed by atoms with Crippen molar-refractivity contribution < 1.29 is 32.9 Å². The summed E-state index contributed by atoms with van der Waals surface area (Å²) < 4.78 is 53.3. The van der Waals surface area contributed by atoms with Crippen LogP contribution in [0.3, 0.4) is 0 Å². The van der Waals surface area contributed by atoms with Gasteiger partial charge >= 0.3 is 6.18 Å². The van der Waals surface area contributed by atoms with E-state index in [0.717, 1.165) is 28.0 Å². The number of morpholine rings is 1. The Balaban J connectivity index is 1.56. The van der Waals surface area contributed by atoms with Gasteiger partial charge in [0.15, 0.2) is 0 Å². The van der Waals surface area contributed by atoms with Crippen molar-refractivity contribution in [1.82, 2.24) is 9.47 Å². The van der Waals surface area contributed by atoms with Crippen LogP contribution in [0.5, 0.6) is 17.5 Å². The van der Waals surface area contributed by atoms with Crippen molar-refractivity contribution in [3.63, 3.8) is 0 Å². The SMILES string of the molecule is COc1cccc(CN2CC3(C)OC(C)(C2)c2c3c(O)n(-c3ccc(C#N)c(C(F)(F)F)c3)c2O)c1. The highest BCUT2D eigenvalue weighted by molar-refractivity contribution is 5.61. The molecule has 1 aromatic heterocycles. The first-order valence-electron chi connectivity index (χ1n) is 11.2. The van der Waals surface area contributed by atoms with Crippen LogP contribution in [0.4, 0.5) is 13.2 Å². The largest absolute Gasteiger partial charge is 0.497 e. The van der Waals surface area contributed by atoms with E-state index in [0.29, 0.717) is 30.8 Å². The molecule has 2 atom stereocenters. The monoisotopic (exact) mass is 499 g/mol. The van der Waals surface area contributed by atoms with Gasteiger partial charge in [-0.05, 0) is 49.7 Å². The lowest BCUT2D eigenvalue weighted by Gasteiger charge is -2.44. The number of fused-ring (bicyclic) bond motifs is 5. The highest BCUT2D eigenvalue weighted by Crippen LogP contribution is 2.59. The third-order valence-electron chi connectivity index (χ3n) is 6.91. The quantitative estimate of drug-likeness (QED) is 0.538. The third-order valence-corrected chi connectivity index (χ3v) is 6.91. The zero-order chi connectivity index (χ0) is 26.0. The van der Waals surface area contributed by atoms with Gasteiger partial charge in [0.1, 0.15) is 17.0 Å². The predicted molar refractivity (Wildman–Crippen MR) is 123 cm³/mol. The minimum Gasteiger partial charge on any atom is -0.497 e. The number of aromatic nitrogens is 1. The van der Waals surface area contributed by atoms with Crippen molar-refractivity contribution >= 4 is 0 Å². The molecule has 2 aromatic carbocycles. The zero-order valence-electron chi connectivity index (χ0n) is 19.8. The fourth-order valence-corrected chi connectivity index (χ4v) is 5.67. The molecule has 0 amide bonds. The van der Waals surface area contributed by atoms with E-state index in [-0.39, 0.29) is 5.69 Å². The van der Waals surface area contributed by atoms with Gasteiger partial charge in [0.25, 0.3) is 0 Å². The molecule has 188 valence electrons. The second kappa shape index (κ2) is 7.91. The lowest BCUT2D eigenvalue weighted by Crippen LogP contribution is -2.51. The van der Waals surface area contributed by atoms with Gasteiger partial charge in [-0.1, -0.05) is 12.1 Å². The van der Waals surface area contributed by atoms with Crippen LogP contribution in [0.2, 0.25) is 0 Å². The minimum atomic E-state index is -4.78. The molecule has 3 heterocycles. The molecule has 36 heavy (non-hydrogen) atoms. The second-order valence-electron chi connectivity index (χ2n) is 9.63. The summed E-state index contributed by atoms with van der Waals surface area (Å²) >= 11 is 0. The molecule has 2 aliphatic heterocycles. The first-order chi connectivity index (χ1) is 16.9. The standard InChI is InChI=1S/C26H24F3N3O4/c1-24-13-31(12-15-5-4-6-18(9-15)35-3)14-25(2,36-24)21-20(24)22(33)32(23(21)34)17-8-7-16(11-30)19(10-17)26(27,28)29/h4-10,33-34H,12-14H2,1-3H3. The van der Waals surface area contributed by atoms with Gasteiger partial charge in [0.05, 0.1) is 41.1 Å². The second-order valence-corrected chi connectivity index (χ2v) is 9.63. The summed E-state index contributed by atoms with van der Waals surface area (Å²) in [5, 5.41) is 31.5. The summed E-state index contributed by atoms with van der Waals surface area (Å²) in [7, 11) is 1.60. The van der Waals surface area contributed by atoms with Crippen LogP contribution in [-0.2, 0) is 28.7 Å². The third kappa shape index (κ3) is 3.58. The number of halogens is 3. The van der Waals surface area contributed by atoms with E-state index in [1.165, 1.54) is 12.1 Å². The molecule has 2 N–H and O–H groups in total. The smallest absolute Gasteiger partial charge is 0.417 e. The van der Waals surface area contributed by atoms with Gasteiger partial charge in [0, 0.05) is 19.6 Å².